The number of hydrogen-bond acceptors (Lipinski definition) is 6. The van der Waals surface area contributed by atoms with Crippen LogP contribution in [0.1, 0.15) is 27.3 Å². The molecule has 0 saturated carbocycles. The van der Waals surface area contributed by atoms with Crippen molar-refractivity contribution in [3.63, 3.8) is 0 Å². The van der Waals surface area contributed by atoms with Crippen LogP contribution in [0.25, 0.3) is 0 Å². The third-order valence-electron chi connectivity index (χ3n) is 4.16. The van der Waals surface area contributed by atoms with Gasteiger partial charge in [-0.1, -0.05) is 12.1 Å². The highest BCUT2D eigenvalue weighted by Gasteiger charge is 2.21. The number of hydrogen-bond donors (Lipinski definition) is 0. The van der Waals surface area contributed by atoms with Crippen molar-refractivity contribution in [2.45, 2.75) is 26.9 Å². The van der Waals surface area contributed by atoms with E-state index in [1.165, 1.54) is 0 Å². The Labute approximate surface area is 155 Å². The maximum atomic E-state index is 12.1. The van der Waals surface area contributed by atoms with Crippen LogP contribution in [-0.2, 0) is 17.8 Å². The standard InChI is InChI=1S/C18H19N5O4/c1-13-17(23(25)26)14(2)22(20-13)12-15-4-6-16(7-5-15)18(24)27-11-10-21-9-3-8-19-21/h3-9H,10-12H2,1-2H3. The molecule has 3 rings (SSSR count). The number of nitrogens with zero attached hydrogens (tertiary/aromatic N) is 5. The van der Waals surface area contributed by atoms with E-state index in [1.54, 1.807) is 65.9 Å². The Bertz CT molecular complexity index is 945. The van der Waals surface area contributed by atoms with Crippen molar-refractivity contribution in [2.75, 3.05) is 6.61 Å². The van der Waals surface area contributed by atoms with Crippen LogP contribution < -0.4 is 0 Å². The zero-order valence-electron chi connectivity index (χ0n) is 15.0. The summed E-state index contributed by atoms with van der Waals surface area (Å²) in [6.07, 6.45) is 3.46. The molecule has 0 atom stereocenters. The lowest BCUT2D eigenvalue weighted by Gasteiger charge is -2.07. The summed E-state index contributed by atoms with van der Waals surface area (Å²) in [5, 5.41) is 19.3. The van der Waals surface area contributed by atoms with Gasteiger partial charge in [-0.05, 0) is 37.6 Å². The topological polar surface area (TPSA) is 105 Å². The second kappa shape index (κ2) is 7.81. The predicted molar refractivity (Wildman–Crippen MR) is 96.4 cm³/mol. The summed E-state index contributed by atoms with van der Waals surface area (Å²) in [5.74, 6) is -0.407. The molecule has 0 N–H and O–H groups in total. The maximum Gasteiger partial charge on any atom is 0.338 e. The van der Waals surface area contributed by atoms with Gasteiger partial charge >= 0.3 is 11.7 Å². The molecular weight excluding hydrogens is 350 g/mol. The maximum absolute atomic E-state index is 12.1. The molecule has 0 saturated heterocycles. The van der Waals surface area contributed by atoms with Crippen LogP contribution in [0, 0.1) is 24.0 Å². The lowest BCUT2D eigenvalue weighted by molar-refractivity contribution is -0.386. The van der Waals surface area contributed by atoms with Crippen molar-refractivity contribution in [3.05, 3.63) is 75.4 Å². The van der Waals surface area contributed by atoms with Crippen molar-refractivity contribution in [1.29, 1.82) is 0 Å². The number of carbonyl (C=O) groups is 1. The minimum atomic E-state index is -0.420. The molecule has 2 aromatic heterocycles. The average molecular weight is 369 g/mol. The first kappa shape index (κ1) is 18.3. The zero-order chi connectivity index (χ0) is 19.4. The molecule has 9 heteroatoms. The SMILES string of the molecule is Cc1nn(Cc2ccc(C(=O)OCCn3cccn3)cc2)c(C)c1[N+](=O)[O-]. The largest absolute Gasteiger partial charge is 0.460 e. The molecule has 0 fully saturated rings. The van der Waals surface area contributed by atoms with E-state index in [9.17, 15) is 14.9 Å². The van der Waals surface area contributed by atoms with Crippen LogP contribution >= 0.6 is 0 Å². The fraction of sp³-hybridized carbons (Fsp3) is 0.278. The quantitative estimate of drug-likeness (QED) is 0.360. The fourth-order valence-corrected chi connectivity index (χ4v) is 2.77. The van der Waals surface area contributed by atoms with Gasteiger partial charge in [0.05, 0.1) is 23.6 Å². The fourth-order valence-electron chi connectivity index (χ4n) is 2.77. The summed E-state index contributed by atoms with van der Waals surface area (Å²) < 4.78 is 8.50. The van der Waals surface area contributed by atoms with Crippen LogP contribution in [0.3, 0.4) is 0 Å². The van der Waals surface area contributed by atoms with Gasteiger partial charge in [-0.25, -0.2) is 4.79 Å². The molecule has 27 heavy (non-hydrogen) atoms. The first-order valence-electron chi connectivity index (χ1n) is 8.37. The minimum Gasteiger partial charge on any atom is -0.460 e. The molecule has 0 radical (unpaired) electrons. The van der Waals surface area contributed by atoms with Gasteiger partial charge in [0.1, 0.15) is 18.0 Å². The van der Waals surface area contributed by atoms with Crippen molar-refractivity contribution in [2.24, 2.45) is 0 Å². The van der Waals surface area contributed by atoms with Crippen LogP contribution in [0.2, 0.25) is 0 Å². The van der Waals surface area contributed by atoms with Gasteiger partial charge in [0.2, 0.25) is 0 Å². The van der Waals surface area contributed by atoms with E-state index < -0.39 is 10.9 Å². The molecule has 0 aliphatic heterocycles. The zero-order valence-corrected chi connectivity index (χ0v) is 15.0. The molecule has 1 aromatic carbocycles. The van der Waals surface area contributed by atoms with Gasteiger partial charge in [0, 0.05) is 12.4 Å². The Balaban J connectivity index is 1.61. The van der Waals surface area contributed by atoms with Crippen molar-refractivity contribution >= 4 is 11.7 Å². The normalized spacial score (nSPS) is 10.7. The third-order valence-corrected chi connectivity index (χ3v) is 4.16. The van der Waals surface area contributed by atoms with Crippen molar-refractivity contribution in [1.82, 2.24) is 19.6 Å². The average Bonchev–Trinajstić information content (AvgIpc) is 3.23. The van der Waals surface area contributed by atoms with Crippen LogP contribution in [0.15, 0.2) is 42.7 Å². The molecule has 140 valence electrons. The van der Waals surface area contributed by atoms with Gasteiger partial charge in [0.15, 0.2) is 0 Å². The molecule has 9 nitrogen and oxygen atoms in total. The lowest BCUT2D eigenvalue weighted by Crippen LogP contribution is -2.12. The van der Waals surface area contributed by atoms with E-state index in [1.807, 2.05) is 0 Å². The highest BCUT2D eigenvalue weighted by molar-refractivity contribution is 5.89. The predicted octanol–water partition coefficient (Wildman–Crippen LogP) is 2.51. The number of aryl methyl sites for hydroxylation is 1. The molecule has 0 aliphatic carbocycles. The molecule has 0 amide bonds. The summed E-state index contributed by atoms with van der Waals surface area (Å²) in [6.45, 7) is 4.40. The van der Waals surface area contributed by atoms with E-state index in [-0.39, 0.29) is 12.3 Å². The second-order valence-corrected chi connectivity index (χ2v) is 6.04. The van der Waals surface area contributed by atoms with Gasteiger partial charge < -0.3 is 4.74 Å². The number of nitro groups is 1. The summed E-state index contributed by atoms with van der Waals surface area (Å²) in [4.78, 5) is 22.7. The Morgan fingerprint density at radius 1 is 1.26 bits per heavy atom. The molecule has 3 aromatic rings. The van der Waals surface area contributed by atoms with E-state index in [0.29, 0.717) is 30.0 Å². The van der Waals surface area contributed by atoms with Crippen molar-refractivity contribution in [3.8, 4) is 0 Å². The molecule has 0 aliphatic rings. The number of rotatable bonds is 7. The first-order valence-corrected chi connectivity index (χ1v) is 8.37. The Hall–Kier alpha value is -3.49. The molecule has 0 bridgehead atoms. The van der Waals surface area contributed by atoms with Crippen molar-refractivity contribution < 1.29 is 14.5 Å². The molecular formula is C18H19N5O4. The number of ether oxygens (including phenoxy) is 1. The molecule has 0 unspecified atom stereocenters. The van der Waals surface area contributed by atoms with Crippen LogP contribution in [-0.4, -0.2) is 37.1 Å². The first-order chi connectivity index (χ1) is 13.0. The monoisotopic (exact) mass is 369 g/mol. The van der Waals surface area contributed by atoms with E-state index in [4.69, 9.17) is 4.74 Å². The molecule has 0 spiro atoms. The van der Waals surface area contributed by atoms with Gasteiger partial charge in [-0.3, -0.25) is 19.5 Å². The highest BCUT2D eigenvalue weighted by Crippen LogP contribution is 2.22. The highest BCUT2D eigenvalue weighted by atomic mass is 16.6. The number of aromatic nitrogens is 4. The van der Waals surface area contributed by atoms with Gasteiger partial charge in [-0.2, -0.15) is 10.2 Å². The summed E-state index contributed by atoms with van der Waals surface area (Å²) in [6, 6.07) is 8.72. The smallest absolute Gasteiger partial charge is 0.338 e. The summed E-state index contributed by atoms with van der Waals surface area (Å²) >= 11 is 0. The summed E-state index contributed by atoms with van der Waals surface area (Å²) in [5.41, 5.74) is 2.24. The number of benzene rings is 1. The molecule has 2 heterocycles. The Morgan fingerprint density at radius 2 is 2.00 bits per heavy atom. The summed E-state index contributed by atoms with van der Waals surface area (Å²) in [7, 11) is 0. The minimum absolute atomic E-state index is 0.0346. The van der Waals surface area contributed by atoms with E-state index in [2.05, 4.69) is 10.2 Å². The van der Waals surface area contributed by atoms with Crippen LogP contribution in [0.5, 0.6) is 0 Å². The Morgan fingerprint density at radius 3 is 2.59 bits per heavy atom. The van der Waals surface area contributed by atoms with E-state index in [0.717, 1.165) is 5.56 Å². The Kier molecular flexibility index (Phi) is 5.30. The lowest BCUT2D eigenvalue weighted by atomic mass is 10.1. The number of esters is 1. The van der Waals surface area contributed by atoms with Gasteiger partial charge in [-0.15, -0.1) is 0 Å². The van der Waals surface area contributed by atoms with Gasteiger partial charge in [0.25, 0.3) is 0 Å². The second-order valence-electron chi connectivity index (χ2n) is 6.04. The number of carbonyl (C=O) groups excluding carboxylic acids is 1. The third kappa shape index (κ3) is 4.20. The van der Waals surface area contributed by atoms with Crippen LogP contribution in [0.4, 0.5) is 5.69 Å². The van der Waals surface area contributed by atoms with E-state index >= 15 is 0 Å².